The van der Waals surface area contributed by atoms with Crippen LogP contribution in [0.25, 0.3) is 0 Å². The molecule has 0 unspecified atom stereocenters. The second-order valence-electron chi connectivity index (χ2n) is 12.1. The molecule has 0 spiro atoms. The van der Waals surface area contributed by atoms with Crippen molar-refractivity contribution >= 4 is 14.6 Å². The fourth-order valence-electron chi connectivity index (χ4n) is 4.07. The second kappa shape index (κ2) is 14.0. The van der Waals surface area contributed by atoms with Gasteiger partial charge in [-0.3, -0.25) is 0 Å². The third-order valence-corrected chi connectivity index (χ3v) is 10.7. The lowest BCUT2D eigenvalue weighted by Gasteiger charge is -2.29. The highest BCUT2D eigenvalue weighted by atomic mass is 28.3. The Morgan fingerprint density at radius 2 is 1.52 bits per heavy atom. The zero-order valence-corrected chi connectivity index (χ0v) is 26.7. The number of ether oxygens (including phenoxy) is 3. The monoisotopic (exact) mass is 559 g/mol. The van der Waals surface area contributed by atoms with Crippen LogP contribution in [-0.2, 0) is 23.2 Å². The summed E-state index contributed by atoms with van der Waals surface area (Å²) >= 11 is 0. The first-order valence-electron chi connectivity index (χ1n) is 14.0. The highest BCUT2D eigenvalue weighted by molar-refractivity contribution is 6.60. The van der Waals surface area contributed by atoms with E-state index in [0.29, 0.717) is 24.8 Å². The topological polar surface area (TPSA) is 43.8 Å². The molecule has 0 saturated heterocycles. The lowest BCUT2D eigenvalue weighted by atomic mass is 9.84. The lowest BCUT2D eigenvalue weighted by molar-refractivity contribution is 0.127. The smallest absolute Gasteiger partial charge is 0.141 e. The molecule has 3 rings (SSSR count). The highest BCUT2D eigenvalue weighted by Gasteiger charge is 2.25. The summed E-state index contributed by atoms with van der Waals surface area (Å²) in [7, 11) is 1.12. The molecule has 0 aliphatic rings. The number of anilines is 1. The molecule has 0 N–H and O–H groups in total. The second-order valence-corrected chi connectivity index (χ2v) is 15.4. The molecule has 2 aromatic carbocycles. The summed E-state index contributed by atoms with van der Waals surface area (Å²) in [4.78, 5) is 7.20. The minimum Gasteiger partial charge on any atom is -0.497 e. The average molecular weight is 560 g/mol. The first-order chi connectivity index (χ1) is 18.9. The maximum atomic E-state index is 6.25. The van der Waals surface area contributed by atoms with Crippen molar-refractivity contribution < 1.29 is 14.2 Å². The Morgan fingerprint density at radius 1 is 0.925 bits per heavy atom. The molecule has 3 aromatic rings. The Morgan fingerprint density at radius 3 is 2.08 bits per heavy atom. The van der Waals surface area contributed by atoms with E-state index in [1.807, 2.05) is 24.4 Å². The number of allylic oxidation sites excluding steroid dienone is 1. The van der Waals surface area contributed by atoms with Crippen LogP contribution in [0.2, 0.25) is 11.6 Å². The van der Waals surface area contributed by atoms with Crippen molar-refractivity contribution in [3.63, 3.8) is 0 Å². The van der Waals surface area contributed by atoms with Gasteiger partial charge in [-0.15, -0.1) is 6.58 Å². The van der Waals surface area contributed by atoms with Crippen LogP contribution >= 0.6 is 0 Å². The third kappa shape index (κ3) is 8.96. The van der Waals surface area contributed by atoms with Gasteiger partial charge in [0, 0.05) is 30.3 Å². The van der Waals surface area contributed by atoms with Crippen molar-refractivity contribution in [2.45, 2.75) is 71.6 Å². The fraction of sp³-hybridized carbons (Fsp3) is 0.441. The SMILES string of the molecule is C=CC(C)(C)c1cc(N(Cc2ccc(C)cc2)Cc2ccc(OC)cc2)ncc1OCCOC[Si](C)C(C)(C)C. The molecule has 0 bridgehead atoms. The van der Waals surface area contributed by atoms with E-state index >= 15 is 0 Å². The summed E-state index contributed by atoms with van der Waals surface area (Å²) in [6.07, 6.45) is 4.65. The number of nitrogens with zero attached hydrogens (tertiary/aromatic N) is 2. The van der Waals surface area contributed by atoms with Crippen LogP contribution in [-0.4, -0.2) is 40.3 Å². The third-order valence-electron chi connectivity index (χ3n) is 7.49. The van der Waals surface area contributed by atoms with Gasteiger partial charge in [0.15, 0.2) is 0 Å². The van der Waals surface area contributed by atoms with Crippen LogP contribution in [0.15, 0.2) is 73.4 Å². The van der Waals surface area contributed by atoms with E-state index in [2.05, 4.69) is 102 Å². The summed E-state index contributed by atoms with van der Waals surface area (Å²) in [5, 5.41) is 0.322. The van der Waals surface area contributed by atoms with Crippen molar-refractivity contribution in [2.24, 2.45) is 0 Å². The summed E-state index contributed by atoms with van der Waals surface area (Å²) < 4.78 is 17.6. The molecular weight excluding hydrogens is 512 g/mol. The maximum absolute atomic E-state index is 6.25. The molecule has 1 radical (unpaired) electrons. The van der Waals surface area contributed by atoms with Crippen LogP contribution < -0.4 is 14.4 Å². The number of rotatable bonds is 14. The molecule has 1 heterocycles. The largest absolute Gasteiger partial charge is 0.497 e. The minimum atomic E-state index is -0.573. The normalized spacial score (nSPS) is 11.9. The van der Waals surface area contributed by atoms with Crippen LogP contribution in [0, 0.1) is 6.92 Å². The zero-order chi connectivity index (χ0) is 29.3. The summed E-state index contributed by atoms with van der Waals surface area (Å²) in [5.74, 6) is 2.52. The summed E-state index contributed by atoms with van der Waals surface area (Å²) in [5.41, 5.74) is 4.43. The Kier molecular flexibility index (Phi) is 11.0. The predicted octanol–water partition coefficient (Wildman–Crippen LogP) is 7.93. The summed E-state index contributed by atoms with van der Waals surface area (Å²) in [6.45, 7) is 22.2. The number of aromatic nitrogens is 1. The number of pyridine rings is 1. The lowest BCUT2D eigenvalue weighted by Crippen LogP contribution is -2.29. The fourth-order valence-corrected chi connectivity index (χ4v) is 4.95. The van der Waals surface area contributed by atoms with Crippen LogP contribution in [0.5, 0.6) is 11.5 Å². The number of benzene rings is 2. The van der Waals surface area contributed by atoms with Crippen LogP contribution in [0.3, 0.4) is 0 Å². The maximum Gasteiger partial charge on any atom is 0.141 e. The molecule has 0 aliphatic heterocycles. The van der Waals surface area contributed by atoms with Crippen molar-refractivity contribution in [3.8, 4) is 11.5 Å². The van der Waals surface area contributed by atoms with Gasteiger partial charge >= 0.3 is 0 Å². The van der Waals surface area contributed by atoms with Gasteiger partial charge in [0.2, 0.25) is 0 Å². The Bertz CT molecular complexity index is 1220. The molecule has 5 nitrogen and oxygen atoms in total. The van der Waals surface area contributed by atoms with Gasteiger partial charge in [-0.05, 0) is 41.3 Å². The van der Waals surface area contributed by atoms with Gasteiger partial charge in [0.05, 0.1) is 28.7 Å². The van der Waals surface area contributed by atoms with E-state index in [9.17, 15) is 0 Å². The molecular formula is C34H47N2O3Si. The number of hydrogen-bond acceptors (Lipinski definition) is 5. The van der Waals surface area contributed by atoms with E-state index in [4.69, 9.17) is 19.2 Å². The quantitative estimate of drug-likeness (QED) is 0.114. The van der Waals surface area contributed by atoms with Gasteiger partial charge in [-0.1, -0.05) is 89.2 Å². The Balaban J connectivity index is 1.85. The van der Waals surface area contributed by atoms with Crippen molar-refractivity contribution in [1.29, 1.82) is 0 Å². The van der Waals surface area contributed by atoms with Gasteiger partial charge in [-0.2, -0.15) is 0 Å². The standard InChI is InChI=1S/C34H47N2O3Si/c1-10-34(6,7)30-21-32(35-22-31(30)39-20-19-38-25-40(9)33(3,4)5)36(23-27-13-11-26(2)12-14-27)24-28-15-17-29(37-8)18-16-28/h10-18,21-22H,1,19-20,23-25H2,2-9H3. The van der Waals surface area contributed by atoms with Gasteiger partial charge < -0.3 is 19.1 Å². The van der Waals surface area contributed by atoms with E-state index in [0.717, 1.165) is 35.7 Å². The van der Waals surface area contributed by atoms with Crippen molar-refractivity contribution in [3.05, 3.63) is 95.7 Å². The number of aryl methyl sites for hydroxylation is 1. The molecule has 0 atom stereocenters. The molecule has 215 valence electrons. The zero-order valence-electron chi connectivity index (χ0n) is 25.7. The van der Waals surface area contributed by atoms with Crippen molar-refractivity contribution in [2.75, 3.05) is 31.5 Å². The molecule has 6 heteroatoms. The molecule has 0 aliphatic carbocycles. The van der Waals surface area contributed by atoms with Gasteiger partial charge in [0.25, 0.3) is 0 Å². The minimum absolute atomic E-state index is 0.296. The number of methoxy groups -OCH3 is 1. The first kappa shape index (κ1) is 31.4. The molecule has 0 saturated carbocycles. The summed E-state index contributed by atoms with van der Waals surface area (Å²) in [6, 6.07) is 19.1. The number of hydrogen-bond donors (Lipinski definition) is 0. The Labute approximate surface area is 243 Å². The molecule has 0 fully saturated rings. The van der Waals surface area contributed by atoms with Crippen LogP contribution in [0.4, 0.5) is 5.82 Å². The van der Waals surface area contributed by atoms with Gasteiger partial charge in [0.1, 0.15) is 23.9 Å². The molecule has 40 heavy (non-hydrogen) atoms. The van der Waals surface area contributed by atoms with Crippen molar-refractivity contribution in [1.82, 2.24) is 4.98 Å². The van der Waals surface area contributed by atoms with Gasteiger partial charge in [-0.25, -0.2) is 4.98 Å². The van der Waals surface area contributed by atoms with E-state index in [1.165, 1.54) is 16.7 Å². The first-order valence-corrected chi connectivity index (χ1v) is 16.2. The van der Waals surface area contributed by atoms with E-state index in [1.54, 1.807) is 7.11 Å². The predicted molar refractivity (Wildman–Crippen MR) is 169 cm³/mol. The molecule has 1 aromatic heterocycles. The average Bonchev–Trinajstić information content (AvgIpc) is 2.93. The Hall–Kier alpha value is -3.09. The van der Waals surface area contributed by atoms with E-state index < -0.39 is 8.80 Å². The molecule has 0 amide bonds. The van der Waals surface area contributed by atoms with E-state index in [-0.39, 0.29) is 5.41 Å². The van der Waals surface area contributed by atoms with Crippen LogP contribution in [0.1, 0.15) is 56.9 Å². The highest BCUT2D eigenvalue weighted by Crippen LogP contribution is 2.35.